The largest absolute Gasteiger partial charge is 0.269 e. The Morgan fingerprint density at radius 2 is 2.17 bits per heavy atom. The lowest BCUT2D eigenvalue weighted by molar-refractivity contribution is 0.333. The summed E-state index contributed by atoms with van der Waals surface area (Å²) >= 11 is 3.67. The lowest BCUT2D eigenvalue weighted by Gasteiger charge is -2.25. The summed E-state index contributed by atoms with van der Waals surface area (Å²) in [6, 6.07) is 2.88. The minimum atomic E-state index is 0.351. The average molecular weight is 313 g/mol. The van der Waals surface area contributed by atoms with Crippen LogP contribution in [-0.2, 0) is 6.42 Å². The number of nitrogens with zero attached hydrogens (tertiary/aromatic N) is 2. The molecule has 0 N–H and O–H groups in total. The Bertz CT molecular complexity index is 368. The van der Waals surface area contributed by atoms with Crippen LogP contribution in [0.5, 0.6) is 0 Å². The van der Waals surface area contributed by atoms with Gasteiger partial charge in [-0.1, -0.05) is 49.0 Å². The smallest absolute Gasteiger partial charge is 0.0630 e. The van der Waals surface area contributed by atoms with E-state index < -0.39 is 0 Å². The van der Waals surface area contributed by atoms with Gasteiger partial charge in [0.15, 0.2) is 0 Å². The lowest BCUT2D eigenvalue weighted by atomic mass is 9.83. The van der Waals surface area contributed by atoms with Gasteiger partial charge in [-0.25, -0.2) is 0 Å². The summed E-state index contributed by atoms with van der Waals surface area (Å²) in [5.41, 5.74) is 1.61. The molecule has 0 saturated heterocycles. The highest BCUT2D eigenvalue weighted by Gasteiger charge is 2.24. The summed E-state index contributed by atoms with van der Waals surface area (Å²) in [5, 5.41) is 5.86. The molecule has 1 unspecified atom stereocenters. The molecule has 1 heterocycles. The van der Waals surface area contributed by atoms with E-state index in [1.54, 1.807) is 0 Å². The van der Waals surface area contributed by atoms with Crippen LogP contribution >= 0.6 is 15.9 Å². The second-order valence-corrected chi connectivity index (χ2v) is 6.66. The molecule has 102 valence electrons. The van der Waals surface area contributed by atoms with E-state index in [1.165, 1.54) is 44.2 Å². The molecular weight excluding hydrogens is 288 g/mol. The number of hydrogen-bond acceptors (Lipinski definition) is 1. The Morgan fingerprint density at radius 3 is 2.78 bits per heavy atom. The first-order chi connectivity index (χ1) is 8.67. The van der Waals surface area contributed by atoms with Crippen molar-refractivity contribution in [1.82, 2.24) is 9.78 Å². The maximum atomic E-state index is 4.80. The minimum Gasteiger partial charge on any atom is -0.269 e. The number of hydrogen-bond donors (Lipinski definition) is 0. The topological polar surface area (TPSA) is 17.8 Å². The van der Waals surface area contributed by atoms with Crippen molar-refractivity contribution < 1.29 is 0 Å². The normalized spacial score (nSPS) is 20.2. The summed E-state index contributed by atoms with van der Waals surface area (Å²) in [6.45, 7) is 4.62. The van der Waals surface area contributed by atoms with Gasteiger partial charge in [0.25, 0.3) is 0 Å². The molecule has 2 rings (SSSR count). The predicted octanol–water partition coefficient (Wildman–Crippen LogP) is 4.74. The summed E-state index contributed by atoms with van der Waals surface area (Å²) in [7, 11) is 0. The van der Waals surface area contributed by atoms with Crippen molar-refractivity contribution in [1.29, 1.82) is 0 Å². The van der Waals surface area contributed by atoms with Gasteiger partial charge in [0.2, 0.25) is 0 Å². The van der Waals surface area contributed by atoms with Crippen LogP contribution in [0.4, 0.5) is 0 Å². The Balaban J connectivity index is 2.00. The van der Waals surface area contributed by atoms with Crippen molar-refractivity contribution >= 4 is 15.9 Å². The first kappa shape index (κ1) is 14.1. The Labute approximate surface area is 119 Å². The molecule has 1 fully saturated rings. The van der Waals surface area contributed by atoms with Crippen LogP contribution < -0.4 is 0 Å². The van der Waals surface area contributed by atoms with Gasteiger partial charge < -0.3 is 0 Å². The zero-order valence-corrected chi connectivity index (χ0v) is 13.2. The molecule has 1 saturated carbocycles. The molecule has 3 heteroatoms. The zero-order valence-electron chi connectivity index (χ0n) is 11.7. The third kappa shape index (κ3) is 3.37. The fourth-order valence-electron chi connectivity index (χ4n) is 3.09. The van der Waals surface area contributed by atoms with Gasteiger partial charge in [-0.15, -0.1) is 0 Å². The van der Waals surface area contributed by atoms with E-state index in [0.717, 1.165) is 11.8 Å². The number of halogens is 1. The molecule has 1 atom stereocenters. The van der Waals surface area contributed by atoms with Crippen LogP contribution in [-0.4, -0.2) is 15.1 Å². The molecule has 18 heavy (non-hydrogen) atoms. The third-order valence-electron chi connectivity index (χ3n) is 4.15. The van der Waals surface area contributed by atoms with E-state index >= 15 is 0 Å². The monoisotopic (exact) mass is 312 g/mol. The second kappa shape index (κ2) is 6.23. The van der Waals surface area contributed by atoms with Crippen LogP contribution in [0.15, 0.2) is 12.3 Å². The molecule has 0 aliphatic heterocycles. The van der Waals surface area contributed by atoms with Crippen molar-refractivity contribution in [3.8, 4) is 0 Å². The number of aromatic nitrogens is 2. The zero-order chi connectivity index (χ0) is 13.0. The Kier molecular flexibility index (Phi) is 4.88. The molecule has 0 bridgehead atoms. The van der Waals surface area contributed by atoms with Crippen LogP contribution in [0.3, 0.4) is 0 Å². The summed E-state index contributed by atoms with van der Waals surface area (Å²) in [6.07, 6.45) is 11.1. The maximum Gasteiger partial charge on any atom is 0.0630 e. The Morgan fingerprint density at radius 1 is 1.44 bits per heavy atom. The number of alkyl halides is 1. The lowest BCUT2D eigenvalue weighted by Crippen LogP contribution is -2.21. The predicted molar refractivity (Wildman–Crippen MR) is 80.2 cm³/mol. The van der Waals surface area contributed by atoms with E-state index in [4.69, 9.17) is 5.10 Å². The summed E-state index contributed by atoms with van der Waals surface area (Å²) in [5.74, 6) is 0. The molecule has 0 spiro atoms. The first-order valence-electron chi connectivity index (χ1n) is 7.27. The SMILES string of the molecule is CCCC(C)(CBr)Cc1ccn(C2CCCC2)n1. The van der Waals surface area contributed by atoms with Gasteiger partial charge in [0.05, 0.1) is 11.7 Å². The van der Waals surface area contributed by atoms with Crippen molar-refractivity contribution in [2.45, 2.75) is 64.8 Å². The fraction of sp³-hybridized carbons (Fsp3) is 0.800. The molecule has 1 aromatic heterocycles. The van der Waals surface area contributed by atoms with Gasteiger partial charge in [-0.2, -0.15) is 5.10 Å². The van der Waals surface area contributed by atoms with Gasteiger partial charge in [0, 0.05) is 11.5 Å². The highest BCUT2D eigenvalue weighted by atomic mass is 79.9. The molecular formula is C15H25BrN2. The van der Waals surface area contributed by atoms with Gasteiger partial charge in [-0.05, 0) is 37.2 Å². The van der Waals surface area contributed by atoms with Gasteiger partial charge in [0.1, 0.15) is 0 Å². The summed E-state index contributed by atoms with van der Waals surface area (Å²) < 4.78 is 2.21. The molecule has 0 aromatic carbocycles. The van der Waals surface area contributed by atoms with E-state index in [9.17, 15) is 0 Å². The fourth-order valence-corrected chi connectivity index (χ4v) is 3.57. The van der Waals surface area contributed by atoms with Crippen molar-refractivity contribution in [2.24, 2.45) is 5.41 Å². The van der Waals surface area contributed by atoms with Crippen molar-refractivity contribution in [3.05, 3.63) is 18.0 Å². The highest BCUT2D eigenvalue weighted by Crippen LogP contribution is 2.32. The quantitative estimate of drug-likeness (QED) is 0.694. The van der Waals surface area contributed by atoms with Crippen LogP contribution in [0, 0.1) is 5.41 Å². The molecule has 1 aromatic rings. The molecule has 0 amide bonds. The van der Waals surface area contributed by atoms with Gasteiger partial charge in [-0.3, -0.25) is 4.68 Å². The molecule has 0 radical (unpaired) electrons. The van der Waals surface area contributed by atoms with E-state index in [1.807, 2.05) is 0 Å². The average Bonchev–Trinajstić information content (AvgIpc) is 2.99. The molecule has 1 aliphatic rings. The minimum absolute atomic E-state index is 0.351. The maximum absolute atomic E-state index is 4.80. The van der Waals surface area contributed by atoms with Crippen LogP contribution in [0.25, 0.3) is 0 Å². The third-order valence-corrected chi connectivity index (χ3v) is 5.50. The standard InChI is InChI=1S/C15H25BrN2/c1-3-9-15(2,12-16)11-13-8-10-18(17-13)14-6-4-5-7-14/h8,10,14H,3-7,9,11-12H2,1-2H3. The number of rotatable bonds is 6. The highest BCUT2D eigenvalue weighted by molar-refractivity contribution is 9.09. The first-order valence-corrected chi connectivity index (χ1v) is 8.39. The second-order valence-electron chi connectivity index (χ2n) is 6.10. The molecule has 1 aliphatic carbocycles. The van der Waals surface area contributed by atoms with E-state index in [2.05, 4.69) is 46.7 Å². The Hall–Kier alpha value is -0.310. The van der Waals surface area contributed by atoms with E-state index in [-0.39, 0.29) is 0 Å². The van der Waals surface area contributed by atoms with Crippen LogP contribution in [0.2, 0.25) is 0 Å². The van der Waals surface area contributed by atoms with Crippen molar-refractivity contribution in [3.63, 3.8) is 0 Å². The van der Waals surface area contributed by atoms with E-state index in [0.29, 0.717) is 11.5 Å². The van der Waals surface area contributed by atoms with Gasteiger partial charge >= 0.3 is 0 Å². The van der Waals surface area contributed by atoms with Crippen LogP contribution in [0.1, 0.15) is 64.1 Å². The summed E-state index contributed by atoms with van der Waals surface area (Å²) in [4.78, 5) is 0. The van der Waals surface area contributed by atoms with Crippen molar-refractivity contribution in [2.75, 3.05) is 5.33 Å². The molecule has 2 nitrogen and oxygen atoms in total.